The van der Waals surface area contributed by atoms with E-state index in [0.29, 0.717) is 6.61 Å². The predicted octanol–water partition coefficient (Wildman–Crippen LogP) is 1.35. The minimum absolute atomic E-state index is 0.282. The molecular weight excluding hydrogens is 140 g/mol. The second-order valence-corrected chi connectivity index (χ2v) is 2.86. The molecule has 0 spiro atoms. The summed E-state index contributed by atoms with van der Waals surface area (Å²) in [5.74, 6) is 0. The summed E-state index contributed by atoms with van der Waals surface area (Å²) >= 11 is 0. The van der Waals surface area contributed by atoms with Crippen LogP contribution in [0.25, 0.3) is 0 Å². The lowest BCUT2D eigenvalue weighted by molar-refractivity contribution is 0.0622. The van der Waals surface area contributed by atoms with Gasteiger partial charge < -0.3 is 9.30 Å². The fraction of sp³-hybridized carbons (Fsp3) is 0.625. The third kappa shape index (κ3) is 2.35. The first-order chi connectivity index (χ1) is 5.20. The second-order valence-electron chi connectivity index (χ2n) is 2.86. The van der Waals surface area contributed by atoms with Crippen molar-refractivity contribution < 1.29 is 4.74 Å². The van der Waals surface area contributed by atoms with Gasteiger partial charge in [0.25, 0.3) is 0 Å². The number of rotatable bonds is 3. The maximum Gasteiger partial charge on any atom is 0.0946 e. The van der Waals surface area contributed by atoms with E-state index in [-0.39, 0.29) is 6.10 Å². The molecular formula is C8H14N2O. The summed E-state index contributed by atoms with van der Waals surface area (Å²) in [6, 6.07) is 0. The Balaban J connectivity index is 2.44. The van der Waals surface area contributed by atoms with Gasteiger partial charge in [-0.3, -0.25) is 0 Å². The van der Waals surface area contributed by atoms with E-state index in [4.69, 9.17) is 4.74 Å². The van der Waals surface area contributed by atoms with E-state index in [0.717, 1.165) is 5.69 Å². The van der Waals surface area contributed by atoms with E-state index in [1.54, 1.807) is 6.33 Å². The minimum Gasteiger partial charge on any atom is -0.373 e. The molecule has 0 N–H and O–H groups in total. The minimum atomic E-state index is 0.282. The number of aryl methyl sites for hydroxylation is 1. The number of imidazole rings is 1. The van der Waals surface area contributed by atoms with Crippen LogP contribution in [0.5, 0.6) is 0 Å². The molecule has 0 amide bonds. The Labute approximate surface area is 67.0 Å². The molecule has 0 saturated carbocycles. The third-order valence-corrected chi connectivity index (χ3v) is 1.48. The van der Waals surface area contributed by atoms with Gasteiger partial charge in [0.15, 0.2) is 0 Å². The third-order valence-electron chi connectivity index (χ3n) is 1.48. The normalized spacial score (nSPS) is 10.9. The number of hydrogen-bond donors (Lipinski definition) is 0. The fourth-order valence-electron chi connectivity index (χ4n) is 0.776. The Morgan fingerprint density at radius 2 is 2.36 bits per heavy atom. The van der Waals surface area contributed by atoms with Gasteiger partial charge in [-0.2, -0.15) is 0 Å². The average molecular weight is 154 g/mol. The summed E-state index contributed by atoms with van der Waals surface area (Å²) in [6.07, 6.45) is 3.88. The molecule has 1 heterocycles. The van der Waals surface area contributed by atoms with Crippen LogP contribution < -0.4 is 0 Å². The van der Waals surface area contributed by atoms with Gasteiger partial charge in [-0.1, -0.05) is 0 Å². The van der Waals surface area contributed by atoms with Gasteiger partial charge in [-0.15, -0.1) is 0 Å². The molecule has 1 rings (SSSR count). The Kier molecular flexibility index (Phi) is 2.65. The smallest absolute Gasteiger partial charge is 0.0946 e. The van der Waals surface area contributed by atoms with E-state index in [2.05, 4.69) is 4.98 Å². The van der Waals surface area contributed by atoms with Crippen LogP contribution in [0.3, 0.4) is 0 Å². The van der Waals surface area contributed by atoms with Gasteiger partial charge in [-0.05, 0) is 13.8 Å². The van der Waals surface area contributed by atoms with Crippen LogP contribution in [0.15, 0.2) is 12.5 Å². The van der Waals surface area contributed by atoms with Crippen molar-refractivity contribution in [3.8, 4) is 0 Å². The summed E-state index contributed by atoms with van der Waals surface area (Å²) < 4.78 is 7.37. The highest BCUT2D eigenvalue weighted by Crippen LogP contribution is 2.00. The van der Waals surface area contributed by atoms with Crippen molar-refractivity contribution >= 4 is 0 Å². The summed E-state index contributed by atoms with van der Waals surface area (Å²) in [7, 11) is 1.96. The maximum absolute atomic E-state index is 5.41. The zero-order valence-electron chi connectivity index (χ0n) is 7.24. The van der Waals surface area contributed by atoms with E-state index in [1.165, 1.54) is 0 Å². The molecule has 0 aliphatic heterocycles. The molecule has 0 bridgehead atoms. The molecule has 11 heavy (non-hydrogen) atoms. The van der Waals surface area contributed by atoms with E-state index >= 15 is 0 Å². The summed E-state index contributed by atoms with van der Waals surface area (Å²) in [6.45, 7) is 4.70. The van der Waals surface area contributed by atoms with Crippen LogP contribution >= 0.6 is 0 Å². The first-order valence-electron chi connectivity index (χ1n) is 3.77. The fourth-order valence-corrected chi connectivity index (χ4v) is 0.776. The lowest BCUT2D eigenvalue weighted by atomic mass is 10.4. The zero-order chi connectivity index (χ0) is 8.27. The molecule has 0 radical (unpaired) electrons. The van der Waals surface area contributed by atoms with E-state index < -0.39 is 0 Å². The molecule has 3 heteroatoms. The molecule has 0 unspecified atom stereocenters. The second kappa shape index (κ2) is 3.53. The molecule has 0 aromatic carbocycles. The lowest BCUT2D eigenvalue weighted by Gasteiger charge is -2.06. The standard InChI is InChI=1S/C8H14N2O/c1-7(2)11-5-8-4-9-6-10(8)3/h4,6-7H,5H2,1-3H3. The predicted molar refractivity (Wildman–Crippen MR) is 43.1 cm³/mol. The van der Waals surface area contributed by atoms with E-state index in [1.807, 2.05) is 31.7 Å². The SMILES string of the molecule is CC(C)OCc1cncn1C. The average Bonchev–Trinajstić information content (AvgIpc) is 2.31. The maximum atomic E-state index is 5.41. The summed E-state index contributed by atoms with van der Waals surface area (Å²) in [5, 5.41) is 0. The van der Waals surface area contributed by atoms with Gasteiger partial charge in [0.2, 0.25) is 0 Å². The highest BCUT2D eigenvalue weighted by molar-refractivity contribution is 4.94. The molecule has 0 saturated heterocycles. The molecule has 1 aromatic heterocycles. The Bertz CT molecular complexity index is 218. The summed E-state index contributed by atoms with van der Waals surface area (Å²) in [5.41, 5.74) is 1.11. The molecule has 62 valence electrons. The number of hydrogen-bond acceptors (Lipinski definition) is 2. The Morgan fingerprint density at radius 1 is 1.64 bits per heavy atom. The first kappa shape index (κ1) is 8.27. The highest BCUT2D eigenvalue weighted by atomic mass is 16.5. The van der Waals surface area contributed by atoms with Gasteiger partial charge >= 0.3 is 0 Å². The monoisotopic (exact) mass is 154 g/mol. The highest BCUT2D eigenvalue weighted by Gasteiger charge is 1.98. The van der Waals surface area contributed by atoms with Crippen molar-refractivity contribution in [1.82, 2.24) is 9.55 Å². The molecule has 0 aliphatic carbocycles. The van der Waals surface area contributed by atoms with Gasteiger partial charge in [0.05, 0.1) is 30.9 Å². The van der Waals surface area contributed by atoms with Crippen LogP contribution in [-0.4, -0.2) is 15.7 Å². The van der Waals surface area contributed by atoms with Gasteiger partial charge in [0, 0.05) is 7.05 Å². The van der Waals surface area contributed by atoms with Crippen LogP contribution in [0.1, 0.15) is 19.5 Å². The van der Waals surface area contributed by atoms with Crippen molar-refractivity contribution in [1.29, 1.82) is 0 Å². The van der Waals surface area contributed by atoms with Crippen LogP contribution in [-0.2, 0) is 18.4 Å². The Morgan fingerprint density at radius 3 is 2.82 bits per heavy atom. The number of aromatic nitrogens is 2. The number of nitrogens with zero attached hydrogens (tertiary/aromatic N) is 2. The van der Waals surface area contributed by atoms with Crippen LogP contribution in [0.4, 0.5) is 0 Å². The molecule has 3 nitrogen and oxygen atoms in total. The topological polar surface area (TPSA) is 27.1 Å². The van der Waals surface area contributed by atoms with Crippen molar-refractivity contribution in [3.05, 3.63) is 18.2 Å². The molecule has 0 atom stereocenters. The molecule has 0 fully saturated rings. The van der Waals surface area contributed by atoms with Gasteiger partial charge in [-0.25, -0.2) is 4.98 Å². The zero-order valence-corrected chi connectivity index (χ0v) is 7.24. The Hall–Kier alpha value is -0.830. The van der Waals surface area contributed by atoms with Gasteiger partial charge in [0.1, 0.15) is 0 Å². The lowest BCUT2D eigenvalue weighted by Crippen LogP contribution is -2.04. The van der Waals surface area contributed by atoms with Crippen molar-refractivity contribution in [2.24, 2.45) is 7.05 Å². The largest absolute Gasteiger partial charge is 0.373 e. The van der Waals surface area contributed by atoms with Crippen LogP contribution in [0.2, 0.25) is 0 Å². The molecule has 0 aliphatic rings. The number of ether oxygens (including phenoxy) is 1. The summed E-state index contributed by atoms with van der Waals surface area (Å²) in [4.78, 5) is 3.98. The van der Waals surface area contributed by atoms with E-state index in [9.17, 15) is 0 Å². The van der Waals surface area contributed by atoms with Crippen LogP contribution in [0, 0.1) is 0 Å². The molecule has 1 aromatic rings. The van der Waals surface area contributed by atoms with Crippen molar-refractivity contribution in [2.75, 3.05) is 0 Å². The quantitative estimate of drug-likeness (QED) is 0.657. The van der Waals surface area contributed by atoms with Crippen molar-refractivity contribution in [2.45, 2.75) is 26.6 Å². The van der Waals surface area contributed by atoms with Crippen molar-refractivity contribution in [3.63, 3.8) is 0 Å². The first-order valence-corrected chi connectivity index (χ1v) is 3.77.